The molecule has 1 amide bonds. The molecule has 0 radical (unpaired) electrons. The van der Waals surface area contributed by atoms with E-state index in [-0.39, 0.29) is 11.9 Å². The van der Waals surface area contributed by atoms with Crippen molar-refractivity contribution in [2.45, 2.75) is 32.9 Å². The van der Waals surface area contributed by atoms with Crippen molar-refractivity contribution in [3.63, 3.8) is 0 Å². The van der Waals surface area contributed by atoms with Crippen LogP contribution in [-0.4, -0.2) is 28.0 Å². The van der Waals surface area contributed by atoms with Gasteiger partial charge in [0.2, 0.25) is 5.91 Å². The minimum atomic E-state index is -0.179. The maximum Gasteiger partial charge on any atom is 0.236 e. The third kappa shape index (κ3) is 3.66. The molecule has 0 bridgehead atoms. The Bertz CT molecular complexity index is 334. The third-order valence-electron chi connectivity index (χ3n) is 2.45. The minimum absolute atomic E-state index is 0.0454. The average molecular weight is 224 g/mol. The average Bonchev–Trinajstić information content (AvgIpc) is 2.68. The SMILES string of the molecule is CCCNC(=O)C(C)NCc1cncn1C. The van der Waals surface area contributed by atoms with Crippen LogP contribution in [0.15, 0.2) is 12.5 Å². The fourth-order valence-corrected chi connectivity index (χ4v) is 1.31. The van der Waals surface area contributed by atoms with Gasteiger partial charge >= 0.3 is 0 Å². The van der Waals surface area contributed by atoms with E-state index in [9.17, 15) is 4.79 Å². The molecule has 0 aliphatic heterocycles. The van der Waals surface area contributed by atoms with Gasteiger partial charge in [-0.15, -0.1) is 0 Å². The summed E-state index contributed by atoms with van der Waals surface area (Å²) in [7, 11) is 1.94. The lowest BCUT2D eigenvalue weighted by Crippen LogP contribution is -2.42. The van der Waals surface area contributed by atoms with E-state index < -0.39 is 0 Å². The molecular weight excluding hydrogens is 204 g/mol. The Kier molecular flexibility index (Phi) is 4.98. The second-order valence-corrected chi connectivity index (χ2v) is 3.89. The zero-order valence-electron chi connectivity index (χ0n) is 10.2. The fourth-order valence-electron chi connectivity index (χ4n) is 1.31. The summed E-state index contributed by atoms with van der Waals surface area (Å²) < 4.78 is 1.93. The summed E-state index contributed by atoms with van der Waals surface area (Å²) in [5.41, 5.74) is 1.06. The highest BCUT2D eigenvalue weighted by Gasteiger charge is 2.11. The maximum absolute atomic E-state index is 11.6. The molecule has 0 fully saturated rings. The second-order valence-electron chi connectivity index (χ2n) is 3.89. The van der Waals surface area contributed by atoms with Gasteiger partial charge in [-0.05, 0) is 13.3 Å². The van der Waals surface area contributed by atoms with Gasteiger partial charge in [0.05, 0.1) is 18.1 Å². The fraction of sp³-hybridized carbons (Fsp3) is 0.636. The molecule has 0 aliphatic rings. The molecule has 0 saturated carbocycles. The van der Waals surface area contributed by atoms with E-state index in [1.807, 2.05) is 25.5 Å². The predicted octanol–water partition coefficient (Wildman–Crippen LogP) is 0.424. The van der Waals surface area contributed by atoms with E-state index in [2.05, 4.69) is 15.6 Å². The van der Waals surface area contributed by atoms with E-state index in [0.29, 0.717) is 6.54 Å². The number of hydrogen-bond donors (Lipinski definition) is 2. The smallest absolute Gasteiger partial charge is 0.236 e. The predicted molar refractivity (Wildman–Crippen MR) is 62.8 cm³/mol. The van der Waals surface area contributed by atoms with E-state index in [0.717, 1.165) is 18.7 Å². The van der Waals surface area contributed by atoms with Crippen molar-refractivity contribution in [2.75, 3.05) is 6.54 Å². The molecule has 1 rings (SSSR count). The van der Waals surface area contributed by atoms with Crippen LogP contribution in [0.25, 0.3) is 0 Å². The van der Waals surface area contributed by atoms with Crippen LogP contribution in [0, 0.1) is 0 Å². The first-order valence-corrected chi connectivity index (χ1v) is 5.61. The maximum atomic E-state index is 11.6. The molecule has 0 aromatic carbocycles. The van der Waals surface area contributed by atoms with Gasteiger partial charge in [-0.3, -0.25) is 4.79 Å². The lowest BCUT2D eigenvalue weighted by atomic mass is 10.3. The first kappa shape index (κ1) is 12.7. The summed E-state index contributed by atoms with van der Waals surface area (Å²) in [6.07, 6.45) is 4.50. The summed E-state index contributed by atoms with van der Waals surface area (Å²) >= 11 is 0. The Morgan fingerprint density at radius 1 is 1.62 bits per heavy atom. The molecule has 1 aromatic heterocycles. The van der Waals surface area contributed by atoms with Crippen LogP contribution < -0.4 is 10.6 Å². The van der Waals surface area contributed by atoms with Gasteiger partial charge < -0.3 is 15.2 Å². The van der Waals surface area contributed by atoms with Gasteiger partial charge in [0.1, 0.15) is 0 Å². The molecule has 16 heavy (non-hydrogen) atoms. The summed E-state index contributed by atoms with van der Waals surface area (Å²) in [4.78, 5) is 15.6. The van der Waals surface area contributed by atoms with Gasteiger partial charge in [0, 0.05) is 26.3 Å². The lowest BCUT2D eigenvalue weighted by molar-refractivity contribution is -0.122. The largest absolute Gasteiger partial charge is 0.355 e. The summed E-state index contributed by atoms with van der Waals surface area (Å²) in [6.45, 7) is 5.28. The lowest BCUT2D eigenvalue weighted by Gasteiger charge is -2.13. The number of nitrogens with one attached hydrogen (secondary N) is 2. The Labute approximate surface area is 96.3 Å². The molecule has 1 heterocycles. The zero-order valence-corrected chi connectivity index (χ0v) is 10.2. The quantitative estimate of drug-likeness (QED) is 0.736. The molecule has 1 aromatic rings. The molecule has 90 valence electrons. The number of aromatic nitrogens is 2. The van der Waals surface area contributed by atoms with Crippen LogP contribution in [-0.2, 0) is 18.4 Å². The van der Waals surface area contributed by atoms with Crippen LogP contribution in [0.5, 0.6) is 0 Å². The first-order valence-electron chi connectivity index (χ1n) is 5.61. The van der Waals surface area contributed by atoms with Gasteiger partial charge in [-0.2, -0.15) is 0 Å². The van der Waals surface area contributed by atoms with Gasteiger partial charge in [0.25, 0.3) is 0 Å². The first-order chi connectivity index (χ1) is 7.65. The standard InChI is InChI=1S/C11H20N4O/c1-4-5-13-11(16)9(2)14-7-10-6-12-8-15(10)3/h6,8-9,14H,4-5,7H2,1-3H3,(H,13,16). The highest BCUT2D eigenvalue weighted by molar-refractivity contribution is 5.81. The molecule has 5 nitrogen and oxygen atoms in total. The van der Waals surface area contributed by atoms with Crippen molar-refractivity contribution in [1.29, 1.82) is 0 Å². The van der Waals surface area contributed by atoms with Crippen molar-refractivity contribution >= 4 is 5.91 Å². The number of rotatable bonds is 6. The zero-order chi connectivity index (χ0) is 12.0. The highest BCUT2D eigenvalue weighted by Crippen LogP contribution is 1.96. The summed E-state index contributed by atoms with van der Waals surface area (Å²) in [5.74, 6) is 0.0454. The number of imidazole rings is 1. The number of nitrogens with zero attached hydrogens (tertiary/aromatic N) is 2. The summed E-state index contributed by atoms with van der Waals surface area (Å²) in [5, 5.41) is 6.01. The number of amides is 1. The Hall–Kier alpha value is -1.36. The van der Waals surface area contributed by atoms with Crippen LogP contribution in [0.3, 0.4) is 0 Å². The van der Waals surface area contributed by atoms with E-state index in [1.54, 1.807) is 12.5 Å². The van der Waals surface area contributed by atoms with Crippen molar-refractivity contribution < 1.29 is 4.79 Å². The monoisotopic (exact) mass is 224 g/mol. The van der Waals surface area contributed by atoms with Gasteiger partial charge in [-0.25, -0.2) is 4.98 Å². The molecule has 2 N–H and O–H groups in total. The number of carbonyl (C=O) groups is 1. The molecule has 1 unspecified atom stereocenters. The Morgan fingerprint density at radius 2 is 2.38 bits per heavy atom. The third-order valence-corrected chi connectivity index (χ3v) is 2.45. The van der Waals surface area contributed by atoms with Crippen molar-refractivity contribution in [1.82, 2.24) is 20.2 Å². The molecular formula is C11H20N4O. The molecule has 5 heteroatoms. The van der Waals surface area contributed by atoms with E-state index >= 15 is 0 Å². The Balaban J connectivity index is 2.32. The highest BCUT2D eigenvalue weighted by atomic mass is 16.2. The van der Waals surface area contributed by atoms with Crippen molar-refractivity contribution in [3.8, 4) is 0 Å². The van der Waals surface area contributed by atoms with Crippen LogP contribution in [0.4, 0.5) is 0 Å². The Morgan fingerprint density at radius 3 is 2.94 bits per heavy atom. The second kappa shape index (κ2) is 6.27. The normalized spacial score (nSPS) is 12.4. The summed E-state index contributed by atoms with van der Waals surface area (Å²) in [6, 6.07) is -0.179. The number of aryl methyl sites for hydroxylation is 1. The minimum Gasteiger partial charge on any atom is -0.355 e. The van der Waals surface area contributed by atoms with E-state index in [1.165, 1.54) is 0 Å². The molecule has 0 spiro atoms. The number of hydrogen-bond acceptors (Lipinski definition) is 3. The van der Waals surface area contributed by atoms with Crippen molar-refractivity contribution in [2.24, 2.45) is 7.05 Å². The van der Waals surface area contributed by atoms with Crippen LogP contribution in [0.1, 0.15) is 26.0 Å². The molecule has 0 aliphatic carbocycles. The van der Waals surface area contributed by atoms with Crippen molar-refractivity contribution in [3.05, 3.63) is 18.2 Å². The van der Waals surface area contributed by atoms with Crippen LogP contribution >= 0.6 is 0 Å². The van der Waals surface area contributed by atoms with Crippen LogP contribution in [0.2, 0.25) is 0 Å². The molecule has 0 saturated heterocycles. The van der Waals surface area contributed by atoms with Gasteiger partial charge in [0.15, 0.2) is 0 Å². The van der Waals surface area contributed by atoms with E-state index in [4.69, 9.17) is 0 Å². The molecule has 1 atom stereocenters. The van der Waals surface area contributed by atoms with Gasteiger partial charge in [-0.1, -0.05) is 6.92 Å². The topological polar surface area (TPSA) is 59.0 Å². The number of carbonyl (C=O) groups excluding carboxylic acids is 1.